The molecule has 100 valence electrons. The summed E-state index contributed by atoms with van der Waals surface area (Å²) >= 11 is 1.66. The van der Waals surface area contributed by atoms with E-state index in [2.05, 4.69) is 4.98 Å². The van der Waals surface area contributed by atoms with Crippen molar-refractivity contribution in [2.24, 2.45) is 5.73 Å². The number of hydrogen-bond acceptors (Lipinski definition) is 4. The highest BCUT2D eigenvalue weighted by Gasteiger charge is 2.23. The van der Waals surface area contributed by atoms with E-state index in [1.807, 2.05) is 18.0 Å². The number of anilines is 2. The second-order valence-electron chi connectivity index (χ2n) is 4.84. The van der Waals surface area contributed by atoms with Gasteiger partial charge in [0, 0.05) is 23.7 Å². The molecule has 0 radical (unpaired) electrons. The topological polar surface area (TPSA) is 42.2 Å². The largest absolute Gasteiger partial charge is 0.323 e. The molecule has 0 spiro atoms. The molecule has 0 aliphatic heterocycles. The van der Waals surface area contributed by atoms with Crippen LogP contribution in [-0.2, 0) is 6.42 Å². The van der Waals surface area contributed by atoms with Crippen molar-refractivity contribution in [1.82, 2.24) is 4.98 Å². The molecule has 2 aromatic rings. The molecule has 1 heterocycles. The molecule has 0 fully saturated rings. The molecular formula is C14H16FN3S. The third kappa shape index (κ3) is 2.35. The number of fused-ring (bicyclic) bond motifs is 1. The fourth-order valence-corrected chi connectivity index (χ4v) is 3.53. The Morgan fingerprint density at radius 2 is 2.32 bits per heavy atom. The third-order valence-corrected chi connectivity index (χ3v) is 4.68. The van der Waals surface area contributed by atoms with Crippen LogP contribution in [0.5, 0.6) is 0 Å². The monoisotopic (exact) mass is 277 g/mol. The standard InChI is InChI=1S/C14H16FN3S/c1-18(10-5-2-4-9(15)8-10)14-17-13-11(16)6-3-7-12(13)19-14/h2,4-5,8,11H,3,6-7,16H2,1H3. The van der Waals surface area contributed by atoms with E-state index in [4.69, 9.17) is 5.73 Å². The van der Waals surface area contributed by atoms with Crippen molar-refractivity contribution in [3.63, 3.8) is 0 Å². The zero-order valence-electron chi connectivity index (χ0n) is 10.8. The maximum absolute atomic E-state index is 13.3. The first-order valence-electron chi connectivity index (χ1n) is 6.39. The molecule has 5 heteroatoms. The van der Waals surface area contributed by atoms with Crippen LogP contribution in [0.2, 0.25) is 0 Å². The number of thiazole rings is 1. The Labute approximate surface area is 115 Å². The predicted molar refractivity (Wildman–Crippen MR) is 76.4 cm³/mol. The number of hydrogen-bond donors (Lipinski definition) is 1. The highest BCUT2D eigenvalue weighted by Crippen LogP contribution is 2.37. The van der Waals surface area contributed by atoms with Crippen LogP contribution >= 0.6 is 11.3 Å². The van der Waals surface area contributed by atoms with Crippen LogP contribution in [0, 0.1) is 5.82 Å². The lowest BCUT2D eigenvalue weighted by Crippen LogP contribution is -2.17. The first-order chi connectivity index (χ1) is 9.15. The van der Waals surface area contributed by atoms with Gasteiger partial charge in [-0.3, -0.25) is 0 Å². The van der Waals surface area contributed by atoms with E-state index >= 15 is 0 Å². The molecular weight excluding hydrogens is 261 g/mol. The average molecular weight is 277 g/mol. The van der Waals surface area contributed by atoms with Gasteiger partial charge in [-0.05, 0) is 37.5 Å². The minimum absolute atomic E-state index is 0.0506. The molecule has 1 aromatic heterocycles. The van der Waals surface area contributed by atoms with E-state index in [9.17, 15) is 4.39 Å². The van der Waals surface area contributed by atoms with Gasteiger partial charge in [0.15, 0.2) is 5.13 Å². The van der Waals surface area contributed by atoms with Crippen LogP contribution in [0.1, 0.15) is 29.5 Å². The Morgan fingerprint density at radius 3 is 3.05 bits per heavy atom. The predicted octanol–water partition coefficient (Wildman–Crippen LogP) is 3.39. The van der Waals surface area contributed by atoms with Crippen LogP contribution in [0.4, 0.5) is 15.2 Å². The maximum Gasteiger partial charge on any atom is 0.190 e. The molecule has 1 atom stereocenters. The molecule has 1 aliphatic rings. The normalized spacial score (nSPS) is 18.2. The number of aryl methyl sites for hydroxylation is 1. The van der Waals surface area contributed by atoms with Gasteiger partial charge in [0.25, 0.3) is 0 Å². The summed E-state index contributed by atoms with van der Waals surface area (Å²) in [6.45, 7) is 0. The third-order valence-electron chi connectivity index (χ3n) is 3.47. The summed E-state index contributed by atoms with van der Waals surface area (Å²) in [6.07, 6.45) is 3.18. The van der Waals surface area contributed by atoms with Crippen molar-refractivity contribution < 1.29 is 4.39 Å². The first-order valence-corrected chi connectivity index (χ1v) is 7.21. The first kappa shape index (κ1) is 12.6. The number of halogens is 1. The lowest BCUT2D eigenvalue weighted by Gasteiger charge is -2.16. The second kappa shape index (κ2) is 4.90. The molecule has 0 saturated carbocycles. The van der Waals surface area contributed by atoms with Crippen LogP contribution in [-0.4, -0.2) is 12.0 Å². The molecule has 2 N–H and O–H groups in total. The Balaban J connectivity index is 1.94. The number of nitrogens with zero attached hydrogens (tertiary/aromatic N) is 2. The van der Waals surface area contributed by atoms with Crippen molar-refractivity contribution >= 4 is 22.2 Å². The molecule has 0 saturated heterocycles. The van der Waals surface area contributed by atoms with Gasteiger partial charge in [-0.1, -0.05) is 6.07 Å². The zero-order chi connectivity index (χ0) is 13.4. The van der Waals surface area contributed by atoms with Crippen LogP contribution in [0.3, 0.4) is 0 Å². The van der Waals surface area contributed by atoms with Gasteiger partial charge < -0.3 is 10.6 Å². The smallest absolute Gasteiger partial charge is 0.190 e. The van der Waals surface area contributed by atoms with Crippen molar-refractivity contribution in [3.8, 4) is 0 Å². The molecule has 19 heavy (non-hydrogen) atoms. The molecule has 1 unspecified atom stereocenters. The summed E-state index contributed by atoms with van der Waals surface area (Å²) in [6, 6.07) is 6.60. The zero-order valence-corrected chi connectivity index (χ0v) is 11.6. The molecule has 0 bridgehead atoms. The number of benzene rings is 1. The minimum atomic E-state index is -0.234. The van der Waals surface area contributed by atoms with Crippen molar-refractivity contribution in [3.05, 3.63) is 40.7 Å². The Hall–Kier alpha value is -1.46. The van der Waals surface area contributed by atoms with E-state index in [-0.39, 0.29) is 11.9 Å². The molecule has 0 amide bonds. The fraction of sp³-hybridized carbons (Fsp3) is 0.357. The second-order valence-corrected chi connectivity index (χ2v) is 5.90. The van der Waals surface area contributed by atoms with Gasteiger partial charge in [-0.25, -0.2) is 9.37 Å². The maximum atomic E-state index is 13.3. The van der Waals surface area contributed by atoms with Gasteiger partial charge in [0.2, 0.25) is 0 Å². The van der Waals surface area contributed by atoms with E-state index in [1.54, 1.807) is 17.4 Å². The van der Waals surface area contributed by atoms with E-state index in [1.165, 1.54) is 17.0 Å². The van der Waals surface area contributed by atoms with Crippen LogP contribution in [0.25, 0.3) is 0 Å². The summed E-state index contributed by atoms with van der Waals surface area (Å²) in [7, 11) is 1.91. The van der Waals surface area contributed by atoms with Gasteiger partial charge in [0.05, 0.1) is 5.69 Å². The van der Waals surface area contributed by atoms with E-state index in [0.717, 1.165) is 35.8 Å². The Bertz CT molecular complexity index is 596. The van der Waals surface area contributed by atoms with Crippen molar-refractivity contribution in [2.45, 2.75) is 25.3 Å². The summed E-state index contributed by atoms with van der Waals surface area (Å²) in [4.78, 5) is 7.83. The van der Waals surface area contributed by atoms with Gasteiger partial charge in [0.1, 0.15) is 5.82 Å². The van der Waals surface area contributed by atoms with E-state index in [0.29, 0.717) is 0 Å². The number of nitrogens with two attached hydrogens (primary N) is 1. The number of rotatable bonds is 2. The van der Waals surface area contributed by atoms with Gasteiger partial charge in [-0.15, -0.1) is 11.3 Å². The van der Waals surface area contributed by atoms with Crippen LogP contribution < -0.4 is 10.6 Å². The summed E-state index contributed by atoms with van der Waals surface area (Å²) in [5, 5.41) is 0.882. The minimum Gasteiger partial charge on any atom is -0.323 e. The summed E-state index contributed by atoms with van der Waals surface area (Å²) in [5.41, 5.74) is 7.92. The Morgan fingerprint density at radius 1 is 1.47 bits per heavy atom. The highest BCUT2D eigenvalue weighted by molar-refractivity contribution is 7.15. The van der Waals surface area contributed by atoms with Crippen molar-refractivity contribution in [1.29, 1.82) is 0 Å². The van der Waals surface area contributed by atoms with Crippen molar-refractivity contribution in [2.75, 3.05) is 11.9 Å². The molecule has 3 rings (SSSR count). The van der Waals surface area contributed by atoms with E-state index < -0.39 is 0 Å². The SMILES string of the molecule is CN(c1cccc(F)c1)c1nc2c(s1)CCCC2N. The molecule has 1 aliphatic carbocycles. The van der Waals surface area contributed by atoms with Gasteiger partial charge in [-0.2, -0.15) is 0 Å². The molecule has 3 nitrogen and oxygen atoms in total. The lowest BCUT2D eigenvalue weighted by atomic mass is 9.99. The highest BCUT2D eigenvalue weighted by atomic mass is 32.1. The van der Waals surface area contributed by atoms with Gasteiger partial charge >= 0.3 is 0 Å². The fourth-order valence-electron chi connectivity index (χ4n) is 2.38. The van der Waals surface area contributed by atoms with Crippen LogP contribution in [0.15, 0.2) is 24.3 Å². The summed E-state index contributed by atoms with van der Waals surface area (Å²) in [5.74, 6) is -0.234. The molecule has 1 aromatic carbocycles. The number of aromatic nitrogens is 1. The Kier molecular flexibility index (Phi) is 3.24. The summed E-state index contributed by atoms with van der Waals surface area (Å²) < 4.78 is 13.3. The lowest BCUT2D eigenvalue weighted by molar-refractivity contribution is 0.564. The average Bonchev–Trinajstić information content (AvgIpc) is 2.83. The quantitative estimate of drug-likeness (QED) is 0.915.